The molecule has 3 amide bonds. The molecular weight excluding hydrogens is 262 g/mol. The average Bonchev–Trinajstić information content (AvgIpc) is 2.47. The molecule has 0 aliphatic rings. The maximum absolute atomic E-state index is 11.4. The van der Waals surface area contributed by atoms with Crippen LogP contribution in [0.5, 0.6) is 0 Å². The van der Waals surface area contributed by atoms with Gasteiger partial charge in [0.1, 0.15) is 0 Å². The molecule has 0 heterocycles. The summed E-state index contributed by atoms with van der Waals surface area (Å²) in [4.78, 5) is 27.1. The second-order valence-electron chi connectivity index (χ2n) is 4.12. The highest BCUT2D eigenvalue weighted by atomic mass is 16.7. The van der Waals surface area contributed by atoms with Crippen LogP contribution in [0.25, 0.3) is 0 Å². The van der Waals surface area contributed by atoms with Crippen LogP contribution in [0.2, 0.25) is 0 Å². The van der Waals surface area contributed by atoms with E-state index in [2.05, 4.69) is 10.8 Å². The van der Waals surface area contributed by atoms with Crippen LogP contribution in [0, 0.1) is 0 Å². The first-order valence-corrected chi connectivity index (χ1v) is 6.39. The van der Waals surface area contributed by atoms with Gasteiger partial charge in [0.05, 0.1) is 6.61 Å². The maximum Gasteiger partial charge on any atom is 0.343 e. The number of carbonyl (C=O) groups is 2. The molecule has 1 aromatic rings. The number of nitrogens with one attached hydrogen (secondary N) is 3. The Morgan fingerprint density at radius 2 is 1.85 bits per heavy atom. The number of hydroxylamine groups is 2. The molecule has 7 heteroatoms. The van der Waals surface area contributed by atoms with Gasteiger partial charge in [0.2, 0.25) is 5.91 Å². The van der Waals surface area contributed by atoms with Crippen LogP contribution >= 0.6 is 0 Å². The number of unbranched alkanes of at least 4 members (excludes halogenated alkanes) is 2. The Morgan fingerprint density at radius 1 is 1.10 bits per heavy atom. The van der Waals surface area contributed by atoms with Gasteiger partial charge < -0.3 is 5.32 Å². The second kappa shape index (κ2) is 9.76. The smallest absolute Gasteiger partial charge is 0.306 e. The van der Waals surface area contributed by atoms with Gasteiger partial charge in [0, 0.05) is 12.1 Å². The van der Waals surface area contributed by atoms with E-state index in [0.717, 1.165) is 6.42 Å². The van der Waals surface area contributed by atoms with Gasteiger partial charge in [-0.3, -0.25) is 14.8 Å². The van der Waals surface area contributed by atoms with E-state index in [1.807, 2.05) is 18.2 Å². The molecule has 0 unspecified atom stereocenters. The Morgan fingerprint density at radius 3 is 2.55 bits per heavy atom. The van der Waals surface area contributed by atoms with Crippen LogP contribution < -0.4 is 16.3 Å². The fourth-order valence-corrected chi connectivity index (χ4v) is 1.49. The number of benzene rings is 1. The zero-order valence-corrected chi connectivity index (χ0v) is 11.1. The summed E-state index contributed by atoms with van der Waals surface area (Å²) in [6, 6.07) is 8.60. The maximum atomic E-state index is 11.4. The number of amides is 3. The minimum Gasteiger partial charge on any atom is -0.306 e. The molecule has 0 saturated heterocycles. The van der Waals surface area contributed by atoms with Crippen molar-refractivity contribution in [1.82, 2.24) is 11.0 Å². The quantitative estimate of drug-likeness (QED) is 0.332. The number of para-hydroxylation sites is 1. The van der Waals surface area contributed by atoms with Gasteiger partial charge in [0.15, 0.2) is 0 Å². The zero-order valence-electron chi connectivity index (χ0n) is 11.1. The lowest BCUT2D eigenvalue weighted by atomic mass is 10.2. The molecule has 0 fully saturated rings. The van der Waals surface area contributed by atoms with Gasteiger partial charge in [-0.2, -0.15) is 0 Å². The van der Waals surface area contributed by atoms with Crippen molar-refractivity contribution in [2.75, 3.05) is 11.9 Å². The van der Waals surface area contributed by atoms with E-state index in [-0.39, 0.29) is 6.42 Å². The molecule has 1 rings (SSSR count). The van der Waals surface area contributed by atoms with Crippen LogP contribution in [0.4, 0.5) is 10.5 Å². The van der Waals surface area contributed by atoms with Crippen LogP contribution in [-0.2, 0) is 9.63 Å². The molecule has 0 radical (unpaired) electrons. The molecule has 0 saturated carbocycles. The van der Waals surface area contributed by atoms with Crippen LogP contribution in [0.1, 0.15) is 25.7 Å². The molecular formula is C13H19N3O4. The molecule has 1 aromatic carbocycles. The fourth-order valence-electron chi connectivity index (χ4n) is 1.49. The van der Waals surface area contributed by atoms with Gasteiger partial charge in [-0.25, -0.2) is 15.8 Å². The second-order valence-corrected chi connectivity index (χ2v) is 4.12. The molecule has 20 heavy (non-hydrogen) atoms. The lowest BCUT2D eigenvalue weighted by Crippen LogP contribution is -2.29. The van der Waals surface area contributed by atoms with Gasteiger partial charge in [-0.1, -0.05) is 24.6 Å². The highest BCUT2D eigenvalue weighted by Gasteiger charge is 2.01. The summed E-state index contributed by atoms with van der Waals surface area (Å²) in [6.07, 6.45) is 2.42. The van der Waals surface area contributed by atoms with Crippen LogP contribution in [0.3, 0.4) is 0 Å². The van der Waals surface area contributed by atoms with E-state index in [4.69, 9.17) is 10.0 Å². The first-order valence-electron chi connectivity index (χ1n) is 6.39. The Bertz CT molecular complexity index is 411. The van der Waals surface area contributed by atoms with Crippen molar-refractivity contribution < 1.29 is 19.6 Å². The lowest BCUT2D eigenvalue weighted by Gasteiger charge is -2.07. The topological polar surface area (TPSA) is 99.7 Å². The Labute approximate surface area is 117 Å². The summed E-state index contributed by atoms with van der Waals surface area (Å²) in [5, 5.41) is 10.9. The number of hydrogen-bond donors (Lipinski definition) is 4. The zero-order chi connectivity index (χ0) is 14.6. The molecule has 7 nitrogen and oxygen atoms in total. The molecule has 0 spiro atoms. The molecule has 0 aliphatic carbocycles. The van der Waals surface area contributed by atoms with Crippen LogP contribution in [-0.4, -0.2) is 23.8 Å². The highest BCUT2D eigenvalue weighted by molar-refractivity contribution is 5.88. The monoisotopic (exact) mass is 281 g/mol. The molecule has 0 aromatic heterocycles. The molecule has 4 N–H and O–H groups in total. The van der Waals surface area contributed by atoms with E-state index in [1.165, 1.54) is 0 Å². The van der Waals surface area contributed by atoms with Gasteiger partial charge in [-0.15, -0.1) is 0 Å². The summed E-state index contributed by atoms with van der Waals surface area (Å²) < 4.78 is 0. The van der Waals surface area contributed by atoms with E-state index < -0.39 is 11.9 Å². The fraction of sp³-hybridized carbons (Fsp3) is 0.385. The highest BCUT2D eigenvalue weighted by Crippen LogP contribution is 2.04. The Balaban J connectivity index is 1.98. The van der Waals surface area contributed by atoms with Crippen molar-refractivity contribution in [1.29, 1.82) is 0 Å². The summed E-state index contributed by atoms with van der Waals surface area (Å²) in [7, 11) is 0. The SMILES string of the molecule is O=C(CCCCCONC(=O)Nc1ccccc1)NO. The number of anilines is 1. The number of carbonyl (C=O) groups excluding carboxylic acids is 2. The third-order valence-electron chi connectivity index (χ3n) is 2.47. The molecule has 0 atom stereocenters. The largest absolute Gasteiger partial charge is 0.343 e. The summed E-state index contributed by atoms with van der Waals surface area (Å²) in [5.74, 6) is -0.397. The summed E-state index contributed by atoms with van der Waals surface area (Å²) in [5.41, 5.74) is 4.53. The molecule has 0 bridgehead atoms. The van der Waals surface area contributed by atoms with Crippen molar-refractivity contribution in [3.63, 3.8) is 0 Å². The van der Waals surface area contributed by atoms with Gasteiger partial charge in [-0.05, 0) is 25.0 Å². The average molecular weight is 281 g/mol. The minimum atomic E-state index is -0.434. The van der Waals surface area contributed by atoms with E-state index in [9.17, 15) is 9.59 Å². The predicted octanol–water partition coefficient (Wildman–Crippen LogP) is 1.81. The van der Waals surface area contributed by atoms with Crippen molar-refractivity contribution in [2.24, 2.45) is 0 Å². The number of rotatable bonds is 8. The van der Waals surface area contributed by atoms with Crippen molar-refractivity contribution in [3.8, 4) is 0 Å². The lowest BCUT2D eigenvalue weighted by molar-refractivity contribution is -0.129. The van der Waals surface area contributed by atoms with E-state index >= 15 is 0 Å². The Hall–Kier alpha value is -2.12. The molecule has 0 aliphatic heterocycles. The Kier molecular flexibility index (Phi) is 7.78. The predicted molar refractivity (Wildman–Crippen MR) is 72.9 cm³/mol. The van der Waals surface area contributed by atoms with Gasteiger partial charge in [0.25, 0.3) is 0 Å². The van der Waals surface area contributed by atoms with Crippen molar-refractivity contribution in [2.45, 2.75) is 25.7 Å². The third kappa shape index (κ3) is 7.34. The number of urea groups is 1. The summed E-state index contributed by atoms with van der Waals surface area (Å²) >= 11 is 0. The third-order valence-corrected chi connectivity index (χ3v) is 2.47. The van der Waals surface area contributed by atoms with E-state index in [0.29, 0.717) is 25.1 Å². The first-order chi connectivity index (χ1) is 9.72. The molecule has 110 valence electrons. The minimum absolute atomic E-state index is 0.276. The van der Waals surface area contributed by atoms with Gasteiger partial charge >= 0.3 is 6.03 Å². The first kappa shape index (κ1) is 15.9. The van der Waals surface area contributed by atoms with E-state index in [1.54, 1.807) is 17.6 Å². The summed E-state index contributed by atoms with van der Waals surface area (Å²) in [6.45, 7) is 0.364. The number of hydrogen-bond acceptors (Lipinski definition) is 4. The van der Waals surface area contributed by atoms with Crippen LogP contribution in [0.15, 0.2) is 30.3 Å². The van der Waals surface area contributed by atoms with Crippen molar-refractivity contribution >= 4 is 17.6 Å². The van der Waals surface area contributed by atoms with Crippen molar-refractivity contribution in [3.05, 3.63) is 30.3 Å². The normalized spacial score (nSPS) is 9.85. The standard InChI is InChI=1S/C13H19N3O4/c17-12(15-19)9-5-2-6-10-20-16-13(18)14-11-7-3-1-4-8-11/h1,3-4,7-8,19H,2,5-6,9-10H2,(H,15,17)(H2,14,16,18).